The summed E-state index contributed by atoms with van der Waals surface area (Å²) in [5.74, 6) is -0.491. The summed E-state index contributed by atoms with van der Waals surface area (Å²) in [4.78, 5) is 12.3. The molecule has 23 nitrogen and oxygen atoms in total. The molecule has 0 aromatic rings. The zero-order valence-corrected chi connectivity index (χ0v) is 51.4. The minimum Gasteiger partial charge on any atom is -0.393 e. The highest BCUT2D eigenvalue weighted by molar-refractivity contribution is 5.29. The molecule has 0 unspecified atom stereocenters. The molecule has 1 spiro atoms. The fourth-order valence-corrected chi connectivity index (χ4v) is 17.6. The molecular weight excluding hydrogens is 1100 g/mol. The molecule has 7 saturated heterocycles. The topological polar surface area (TPSA) is 278 Å². The molecule has 11 rings (SSSR count). The number of ether oxygens (including phenoxy) is 15. The minimum absolute atomic E-state index is 0.0319. The summed E-state index contributed by atoms with van der Waals surface area (Å²) in [5.41, 5.74) is 0.238. The summed E-state index contributed by atoms with van der Waals surface area (Å²) in [6, 6.07) is 0. The van der Waals surface area contributed by atoms with Gasteiger partial charge in [-0.2, -0.15) is 4.89 Å². The fraction of sp³-hybridized carbons (Fsp3) is 0.967. The fourth-order valence-electron chi connectivity index (χ4n) is 17.6. The van der Waals surface area contributed by atoms with Crippen molar-refractivity contribution in [2.45, 2.75) is 311 Å². The zero-order valence-electron chi connectivity index (χ0n) is 51.4. The van der Waals surface area contributed by atoms with Gasteiger partial charge in [-0.05, 0) is 116 Å². The Morgan fingerprint density at radius 3 is 1.83 bits per heavy atom. The van der Waals surface area contributed by atoms with Gasteiger partial charge in [0.05, 0.1) is 85.5 Å². The number of hydrogen-bond donors (Lipinski definition) is 6. The van der Waals surface area contributed by atoms with E-state index in [9.17, 15) is 30.6 Å². The summed E-state index contributed by atoms with van der Waals surface area (Å²) < 4.78 is 93.5. The maximum absolute atomic E-state index is 12.6. The average molecular weight is 1200 g/mol. The van der Waals surface area contributed by atoms with Gasteiger partial charge in [0.2, 0.25) is 5.79 Å². The van der Waals surface area contributed by atoms with E-state index in [1.165, 1.54) is 19.8 Å². The van der Waals surface area contributed by atoms with E-state index in [0.717, 1.165) is 44.9 Å². The Balaban J connectivity index is 0.635. The van der Waals surface area contributed by atoms with Crippen LogP contribution in [-0.4, -0.2) is 230 Å². The molecule has 11 aliphatic rings. The lowest BCUT2D eigenvalue weighted by molar-refractivity contribution is -0.472. The summed E-state index contributed by atoms with van der Waals surface area (Å²) in [5, 5.41) is 67.6. The minimum atomic E-state index is -1.35. The molecule has 7 aliphatic heterocycles. The molecule has 10 fully saturated rings. The molecule has 6 N–H and O–H groups in total. The van der Waals surface area contributed by atoms with Crippen LogP contribution < -0.4 is 0 Å². The highest BCUT2D eigenvalue weighted by atomic mass is 17.2. The standard InChI is InChI=1S/C61H100O23/c1-29-48(65)55(70-12)49(66)56(77-29)81-52-32(4)76-47(24-39(52)68-10)79-51-31(3)74-45(22-37(51)63)78-50-30(2)75-46(23-38(50)64)80-53-34(6)82-61(26-41(53)69-11)28-71-40-25-44(73-33(5)54(40)83-84-61)72-27-60(67)20-16-43-58(8)17-13-35-21-36(62)14-18-57(35,7)42(58)15-19-59(43,60)9/h13,29-34,36-56,62-67H,14-28H2,1-12H3/t29-,30-,31-,32-,33-,34-,36+,37+,38+,39+,40-,41+,42+,43+,44-,45+,46+,47+,48+,49-,50-,51-,52-,53-,54-,55+,56+,57+,58-,59+,60+,61+/m1/s1. The van der Waals surface area contributed by atoms with Crippen molar-refractivity contribution >= 4 is 0 Å². The first-order valence-corrected chi connectivity index (χ1v) is 31.4. The molecule has 4 aliphatic carbocycles. The third kappa shape index (κ3) is 11.9. The molecule has 7 heterocycles. The van der Waals surface area contributed by atoms with Crippen LogP contribution in [0, 0.1) is 28.1 Å². The van der Waals surface area contributed by atoms with Crippen molar-refractivity contribution < 1.29 is 111 Å². The molecule has 0 aromatic heterocycles. The van der Waals surface area contributed by atoms with E-state index in [2.05, 4.69) is 26.8 Å². The van der Waals surface area contributed by atoms with Gasteiger partial charge >= 0.3 is 0 Å². The monoisotopic (exact) mass is 1200 g/mol. The molecule has 23 heteroatoms. The third-order valence-electron chi connectivity index (χ3n) is 22.4. The van der Waals surface area contributed by atoms with E-state index in [1.54, 1.807) is 34.8 Å². The van der Waals surface area contributed by atoms with Crippen LogP contribution in [0.15, 0.2) is 11.6 Å². The van der Waals surface area contributed by atoms with Crippen molar-refractivity contribution in [1.82, 2.24) is 0 Å². The summed E-state index contributed by atoms with van der Waals surface area (Å²) in [7, 11) is 4.53. The third-order valence-corrected chi connectivity index (χ3v) is 22.4. The Labute approximate surface area is 495 Å². The highest BCUT2D eigenvalue weighted by Crippen LogP contribution is 2.72. The first-order valence-electron chi connectivity index (χ1n) is 31.4. The van der Waals surface area contributed by atoms with Crippen molar-refractivity contribution in [1.29, 1.82) is 0 Å². The predicted molar refractivity (Wildman–Crippen MR) is 293 cm³/mol. The van der Waals surface area contributed by atoms with Gasteiger partial charge in [-0.3, -0.25) is 0 Å². The second-order valence-electron chi connectivity index (χ2n) is 27.6. The van der Waals surface area contributed by atoms with Crippen LogP contribution >= 0.6 is 0 Å². The van der Waals surface area contributed by atoms with Gasteiger partial charge in [0.15, 0.2) is 31.5 Å². The molecular formula is C61H100O23. The normalized spacial score (nSPS) is 55.3. The molecule has 0 aromatic carbocycles. The van der Waals surface area contributed by atoms with Gasteiger partial charge in [-0.15, -0.1) is 0 Å². The van der Waals surface area contributed by atoms with Crippen LogP contribution in [0.2, 0.25) is 0 Å². The molecule has 84 heavy (non-hydrogen) atoms. The first-order chi connectivity index (χ1) is 39.8. The predicted octanol–water partition coefficient (Wildman–Crippen LogP) is 3.98. The SMILES string of the molecule is CO[C@H]1[C@@H](O)[C@@H](C)O[C@@H](O[C@H]2[C@@H](OC)C[C@H](O[C@H]3[C@@H](O)C[C@H](O[C@H]4[C@@H](O)C[C@H](O[C@H]5[C@@H](OC)C[C@]6(CO[C@@H]7C[C@H](OC[C@@]8(O)CC[C@H]9[C@]%10(C)CC=C%11C[C@@H](O)CC[C@]%11(C)[C@@H]%10CC[C@@]98C)O[C@H](C)[C@H]7OO6)O[C@@H]5C)O[C@@H]4C)O[C@@H]3C)O[C@@H]2C)[C@@H]1O. The number of methoxy groups -OCH3 is 3. The smallest absolute Gasteiger partial charge is 0.228 e. The Kier molecular flexibility index (Phi) is 19.3. The second-order valence-corrected chi connectivity index (χ2v) is 27.6. The number of hydrogen-bond acceptors (Lipinski definition) is 23. The molecule has 32 atom stereocenters. The van der Waals surface area contributed by atoms with E-state index in [-0.39, 0.29) is 61.2 Å². The van der Waals surface area contributed by atoms with Crippen LogP contribution in [0.4, 0.5) is 0 Å². The van der Waals surface area contributed by atoms with E-state index < -0.39 is 159 Å². The molecule has 0 bridgehead atoms. The van der Waals surface area contributed by atoms with E-state index in [1.807, 2.05) is 13.8 Å². The zero-order chi connectivity index (χ0) is 60.0. The summed E-state index contributed by atoms with van der Waals surface area (Å²) >= 11 is 0. The summed E-state index contributed by atoms with van der Waals surface area (Å²) in [6.45, 7) is 18.2. The lowest BCUT2D eigenvalue weighted by Gasteiger charge is -2.64. The number of fused-ring (bicyclic) bond motifs is 6. The van der Waals surface area contributed by atoms with Crippen LogP contribution in [0.1, 0.15) is 146 Å². The second kappa shape index (κ2) is 25.1. The lowest BCUT2D eigenvalue weighted by atomic mass is 9.41. The number of rotatable bonds is 14. The van der Waals surface area contributed by atoms with Gasteiger partial charge in [0.1, 0.15) is 55.4 Å². The van der Waals surface area contributed by atoms with Gasteiger partial charge < -0.3 is 102 Å². The van der Waals surface area contributed by atoms with Crippen LogP contribution in [-0.2, 0) is 80.8 Å². The van der Waals surface area contributed by atoms with Gasteiger partial charge in [0, 0.05) is 58.8 Å². The van der Waals surface area contributed by atoms with Gasteiger partial charge in [-0.1, -0.05) is 32.4 Å². The maximum Gasteiger partial charge on any atom is 0.228 e. The number of aliphatic hydroxyl groups excluding tert-OH is 5. The molecule has 0 radical (unpaired) electrons. The maximum atomic E-state index is 12.6. The number of aliphatic hydroxyl groups is 6. The van der Waals surface area contributed by atoms with Crippen molar-refractivity contribution in [3.63, 3.8) is 0 Å². The molecule has 0 amide bonds. The Hall–Kier alpha value is -1.18. The van der Waals surface area contributed by atoms with Crippen molar-refractivity contribution in [2.75, 3.05) is 34.5 Å². The van der Waals surface area contributed by atoms with Crippen molar-refractivity contribution in [3.05, 3.63) is 11.6 Å². The van der Waals surface area contributed by atoms with Crippen molar-refractivity contribution in [3.8, 4) is 0 Å². The van der Waals surface area contributed by atoms with Crippen molar-refractivity contribution in [2.24, 2.45) is 28.1 Å². The Morgan fingerprint density at radius 1 is 0.583 bits per heavy atom. The van der Waals surface area contributed by atoms with E-state index >= 15 is 0 Å². The largest absolute Gasteiger partial charge is 0.393 e. The first kappa shape index (κ1) is 64.4. The number of allylic oxidation sites excluding steroid dienone is 1. The Morgan fingerprint density at radius 2 is 1.19 bits per heavy atom. The highest BCUT2D eigenvalue weighted by Gasteiger charge is 2.68. The van der Waals surface area contributed by atoms with E-state index in [0.29, 0.717) is 24.7 Å². The average Bonchev–Trinajstić information content (AvgIpc) is 1.38. The van der Waals surface area contributed by atoms with Crippen LogP contribution in [0.25, 0.3) is 0 Å². The molecule has 3 saturated carbocycles. The van der Waals surface area contributed by atoms with Gasteiger partial charge in [-0.25, -0.2) is 4.89 Å². The lowest BCUT2D eigenvalue weighted by Crippen LogP contribution is -2.61. The van der Waals surface area contributed by atoms with Gasteiger partial charge in [0.25, 0.3) is 0 Å². The molecule has 482 valence electrons. The Bertz CT molecular complexity index is 2230. The van der Waals surface area contributed by atoms with Crippen LogP contribution in [0.3, 0.4) is 0 Å². The quantitative estimate of drug-likeness (QED) is 0.106. The summed E-state index contributed by atoms with van der Waals surface area (Å²) in [6.07, 6.45) is -7.99. The van der Waals surface area contributed by atoms with E-state index in [4.69, 9.17) is 80.8 Å². The van der Waals surface area contributed by atoms with Crippen LogP contribution in [0.5, 0.6) is 0 Å².